The van der Waals surface area contributed by atoms with Crippen molar-refractivity contribution in [3.8, 4) is 22.9 Å². The Morgan fingerprint density at radius 1 is 0.758 bits per heavy atom. The Kier molecular flexibility index (Phi) is 4.31. The fraction of sp³-hybridized carbons (Fsp3) is 0.138. The van der Waals surface area contributed by atoms with E-state index in [4.69, 9.17) is 4.98 Å². The fourth-order valence-electron chi connectivity index (χ4n) is 5.06. The van der Waals surface area contributed by atoms with Gasteiger partial charge >= 0.3 is 0 Å². The molecule has 162 valence electrons. The third kappa shape index (κ3) is 2.87. The van der Waals surface area contributed by atoms with Crippen LogP contribution in [0, 0.1) is 27.7 Å². The zero-order valence-electron chi connectivity index (χ0n) is 19.3. The van der Waals surface area contributed by atoms with Gasteiger partial charge in [0.2, 0.25) is 0 Å². The predicted octanol–water partition coefficient (Wildman–Crippen LogP) is 7.20. The first-order valence-corrected chi connectivity index (χ1v) is 11.3. The number of aryl methyl sites for hydroxylation is 4. The van der Waals surface area contributed by atoms with Crippen LogP contribution in [-0.4, -0.2) is 19.1 Å². The number of fused-ring (bicyclic) bond motifs is 3. The van der Waals surface area contributed by atoms with Crippen molar-refractivity contribution in [3.63, 3.8) is 0 Å². The van der Waals surface area contributed by atoms with E-state index in [1.165, 1.54) is 38.8 Å². The van der Waals surface area contributed by atoms with Crippen molar-refractivity contribution in [1.82, 2.24) is 19.1 Å². The number of aromatic nitrogens is 4. The number of rotatable bonds is 3. The molecule has 0 saturated carbocycles. The molecule has 0 fully saturated rings. The molecule has 0 saturated heterocycles. The summed E-state index contributed by atoms with van der Waals surface area (Å²) in [5.74, 6) is 1.85. The van der Waals surface area contributed by atoms with Gasteiger partial charge in [0.05, 0.1) is 17.4 Å². The van der Waals surface area contributed by atoms with Gasteiger partial charge in [0, 0.05) is 22.0 Å². The summed E-state index contributed by atoms with van der Waals surface area (Å²) in [5, 5.41) is 2.52. The van der Waals surface area contributed by atoms with Crippen LogP contribution in [0.15, 0.2) is 79.0 Å². The fourth-order valence-corrected chi connectivity index (χ4v) is 5.06. The smallest absolute Gasteiger partial charge is 0.158 e. The summed E-state index contributed by atoms with van der Waals surface area (Å²) in [4.78, 5) is 8.85. The molecule has 4 heteroatoms. The number of imidazole rings is 1. The number of nitrogens with zero attached hydrogens (tertiary/aromatic N) is 3. The topological polar surface area (TPSA) is 38.5 Å². The van der Waals surface area contributed by atoms with E-state index in [-0.39, 0.29) is 0 Å². The molecule has 3 aromatic carbocycles. The average Bonchev–Trinajstić information content (AvgIpc) is 3.46. The van der Waals surface area contributed by atoms with E-state index >= 15 is 0 Å². The Morgan fingerprint density at radius 2 is 1.45 bits per heavy atom. The van der Waals surface area contributed by atoms with Crippen molar-refractivity contribution >= 4 is 21.9 Å². The van der Waals surface area contributed by atoms with Crippen LogP contribution in [0.1, 0.15) is 22.4 Å². The first-order valence-electron chi connectivity index (χ1n) is 11.3. The van der Waals surface area contributed by atoms with Crippen LogP contribution in [0.25, 0.3) is 44.8 Å². The molecule has 4 nitrogen and oxygen atoms in total. The Labute approximate surface area is 193 Å². The molecule has 3 heterocycles. The molecule has 1 N–H and O–H groups in total. The summed E-state index contributed by atoms with van der Waals surface area (Å²) in [6.07, 6.45) is 2.18. The summed E-state index contributed by atoms with van der Waals surface area (Å²) in [6.45, 7) is 8.66. The van der Waals surface area contributed by atoms with Gasteiger partial charge in [-0.25, -0.2) is 4.98 Å². The molecule has 6 rings (SSSR count). The van der Waals surface area contributed by atoms with Crippen LogP contribution in [0.4, 0.5) is 0 Å². The molecule has 6 aromatic rings. The second-order valence-electron chi connectivity index (χ2n) is 8.85. The highest BCUT2D eigenvalue weighted by molar-refractivity contribution is 6.10. The minimum Gasteiger partial charge on any atom is -0.344 e. The summed E-state index contributed by atoms with van der Waals surface area (Å²) in [6, 6.07) is 25.5. The predicted molar refractivity (Wildman–Crippen MR) is 137 cm³/mol. The highest BCUT2D eigenvalue weighted by atomic mass is 15.2. The largest absolute Gasteiger partial charge is 0.344 e. The van der Waals surface area contributed by atoms with Crippen molar-refractivity contribution < 1.29 is 0 Å². The summed E-state index contributed by atoms with van der Waals surface area (Å²) in [5.41, 5.74) is 9.47. The first kappa shape index (κ1) is 19.6. The van der Waals surface area contributed by atoms with Crippen molar-refractivity contribution in [2.45, 2.75) is 27.7 Å². The van der Waals surface area contributed by atoms with E-state index in [1.807, 2.05) is 6.07 Å². The molecule has 0 atom stereocenters. The maximum Gasteiger partial charge on any atom is 0.158 e. The molecule has 0 amide bonds. The minimum atomic E-state index is 0.906. The average molecular weight is 431 g/mol. The molecule has 0 aliphatic heterocycles. The molecule has 33 heavy (non-hydrogen) atoms. The van der Waals surface area contributed by atoms with Gasteiger partial charge in [-0.15, -0.1) is 0 Å². The highest BCUT2D eigenvalue weighted by Gasteiger charge is 2.21. The first-order chi connectivity index (χ1) is 16.0. The number of hydrogen-bond acceptors (Lipinski definition) is 1. The quantitative estimate of drug-likeness (QED) is 0.317. The van der Waals surface area contributed by atoms with Crippen molar-refractivity contribution in [2.24, 2.45) is 0 Å². The number of para-hydroxylation sites is 2. The SMILES string of the molecule is Cc1cccc(C)c1-n1cc(-n2c3ccccc3c3c(C)c(C)[nH]c32)nc1-c1ccccc1. The Bertz CT molecular complexity index is 1620. The Morgan fingerprint density at radius 3 is 2.21 bits per heavy atom. The van der Waals surface area contributed by atoms with Crippen LogP contribution in [0.2, 0.25) is 0 Å². The molecule has 0 radical (unpaired) electrons. The lowest BCUT2D eigenvalue weighted by Crippen LogP contribution is -2.01. The van der Waals surface area contributed by atoms with Gasteiger partial charge in [-0.2, -0.15) is 0 Å². The maximum atomic E-state index is 5.23. The lowest BCUT2D eigenvalue weighted by atomic mass is 10.1. The molecule has 0 aliphatic rings. The third-order valence-electron chi connectivity index (χ3n) is 6.75. The second-order valence-corrected chi connectivity index (χ2v) is 8.85. The molecular weight excluding hydrogens is 404 g/mol. The maximum absolute atomic E-state index is 5.23. The van der Waals surface area contributed by atoms with Crippen LogP contribution >= 0.6 is 0 Å². The van der Waals surface area contributed by atoms with Gasteiger partial charge in [-0.05, 0) is 50.5 Å². The van der Waals surface area contributed by atoms with E-state index in [0.717, 1.165) is 28.4 Å². The summed E-state index contributed by atoms with van der Waals surface area (Å²) >= 11 is 0. The number of benzene rings is 3. The Hall–Kier alpha value is -4.05. The van der Waals surface area contributed by atoms with E-state index in [9.17, 15) is 0 Å². The van der Waals surface area contributed by atoms with Crippen LogP contribution in [-0.2, 0) is 0 Å². The molecular formula is C29H26N4. The zero-order valence-corrected chi connectivity index (χ0v) is 19.3. The minimum absolute atomic E-state index is 0.906. The van der Waals surface area contributed by atoms with Gasteiger partial charge in [-0.3, -0.25) is 9.13 Å². The zero-order chi connectivity index (χ0) is 22.7. The molecule has 3 aromatic heterocycles. The molecule has 0 bridgehead atoms. The van der Waals surface area contributed by atoms with Gasteiger partial charge < -0.3 is 4.98 Å². The van der Waals surface area contributed by atoms with Crippen molar-refractivity contribution in [3.05, 3.63) is 101 Å². The second kappa shape index (κ2) is 7.24. The summed E-state index contributed by atoms with van der Waals surface area (Å²) < 4.78 is 4.51. The molecule has 0 unspecified atom stereocenters. The highest BCUT2D eigenvalue weighted by Crippen LogP contribution is 2.36. The standard InChI is InChI=1S/C29H26N4/c1-18-11-10-12-19(2)27(18)32-17-25(31-28(32)22-13-6-5-7-14-22)33-24-16-9-8-15-23(24)26-20(3)21(4)30-29(26)33/h5-17,30H,1-4H3. The lowest BCUT2D eigenvalue weighted by Gasteiger charge is -2.13. The molecule has 0 aliphatic carbocycles. The normalized spacial score (nSPS) is 11.6. The van der Waals surface area contributed by atoms with Crippen LogP contribution in [0.3, 0.4) is 0 Å². The monoisotopic (exact) mass is 430 g/mol. The van der Waals surface area contributed by atoms with Crippen LogP contribution in [0.5, 0.6) is 0 Å². The molecule has 0 spiro atoms. The number of H-pyrrole nitrogens is 1. The van der Waals surface area contributed by atoms with Crippen LogP contribution < -0.4 is 0 Å². The lowest BCUT2D eigenvalue weighted by molar-refractivity contribution is 1.03. The Balaban J connectivity index is 1.71. The van der Waals surface area contributed by atoms with Gasteiger partial charge in [0.1, 0.15) is 11.5 Å². The van der Waals surface area contributed by atoms with Crippen molar-refractivity contribution in [1.29, 1.82) is 0 Å². The number of aromatic amines is 1. The van der Waals surface area contributed by atoms with E-state index in [1.54, 1.807) is 0 Å². The van der Waals surface area contributed by atoms with E-state index in [0.29, 0.717) is 0 Å². The third-order valence-corrected chi connectivity index (χ3v) is 6.75. The van der Waals surface area contributed by atoms with E-state index < -0.39 is 0 Å². The van der Waals surface area contributed by atoms with Gasteiger partial charge in [0.25, 0.3) is 0 Å². The summed E-state index contributed by atoms with van der Waals surface area (Å²) in [7, 11) is 0. The van der Waals surface area contributed by atoms with Crippen molar-refractivity contribution in [2.75, 3.05) is 0 Å². The van der Waals surface area contributed by atoms with Gasteiger partial charge in [-0.1, -0.05) is 66.7 Å². The van der Waals surface area contributed by atoms with Gasteiger partial charge in [0.15, 0.2) is 5.82 Å². The number of nitrogens with one attached hydrogen (secondary N) is 1. The number of hydrogen-bond donors (Lipinski definition) is 1. The van der Waals surface area contributed by atoms with E-state index in [2.05, 4.69) is 115 Å².